The van der Waals surface area contributed by atoms with Crippen molar-refractivity contribution in [1.82, 2.24) is 14.7 Å². The Morgan fingerprint density at radius 3 is 2.52 bits per heavy atom. The van der Waals surface area contributed by atoms with Gasteiger partial charge in [0.1, 0.15) is 17.5 Å². The predicted molar refractivity (Wildman–Crippen MR) is 109 cm³/mol. The van der Waals surface area contributed by atoms with Crippen molar-refractivity contribution in [1.29, 1.82) is 0 Å². The molecule has 0 atom stereocenters. The largest absolute Gasteiger partial charge is 0.369 e. The van der Waals surface area contributed by atoms with E-state index in [0.29, 0.717) is 23.6 Å². The van der Waals surface area contributed by atoms with Crippen molar-refractivity contribution in [3.63, 3.8) is 0 Å². The number of aromatic nitrogens is 2. The van der Waals surface area contributed by atoms with Gasteiger partial charge < -0.3 is 10.2 Å². The lowest BCUT2D eigenvalue weighted by Crippen LogP contribution is -2.29. The van der Waals surface area contributed by atoms with E-state index in [1.54, 1.807) is 12.1 Å². The van der Waals surface area contributed by atoms with Crippen molar-refractivity contribution < 1.29 is 8.42 Å². The minimum atomic E-state index is -3.60. The zero-order chi connectivity index (χ0) is 19.4. The van der Waals surface area contributed by atoms with Crippen LogP contribution in [0.3, 0.4) is 0 Å². The molecule has 0 spiro atoms. The third kappa shape index (κ3) is 4.53. The molecule has 8 heteroatoms. The summed E-state index contributed by atoms with van der Waals surface area (Å²) in [6.45, 7) is 2.47. The molecular formula is C19H23N5O2S. The first-order valence-corrected chi connectivity index (χ1v) is 10.1. The third-order valence-electron chi connectivity index (χ3n) is 4.04. The average molecular weight is 385 g/mol. The summed E-state index contributed by atoms with van der Waals surface area (Å²) in [6, 6.07) is 14.5. The molecule has 0 aliphatic heterocycles. The summed E-state index contributed by atoms with van der Waals surface area (Å²) in [5.41, 5.74) is 0. The van der Waals surface area contributed by atoms with Crippen LogP contribution in [0, 0.1) is 6.92 Å². The number of sulfonamides is 1. The average Bonchev–Trinajstić information content (AvgIpc) is 2.64. The number of rotatable bonds is 7. The SMILES string of the molecule is Cc1nc(NCCNS(=O)(=O)c2cccc3ccccc23)cc(N(C)C)n1. The van der Waals surface area contributed by atoms with Gasteiger partial charge in [0.05, 0.1) is 4.90 Å². The second kappa shape index (κ2) is 7.89. The zero-order valence-electron chi connectivity index (χ0n) is 15.6. The first-order chi connectivity index (χ1) is 12.9. The smallest absolute Gasteiger partial charge is 0.241 e. The molecule has 27 heavy (non-hydrogen) atoms. The molecule has 0 saturated carbocycles. The Balaban J connectivity index is 1.66. The van der Waals surface area contributed by atoms with Crippen LogP contribution in [0.1, 0.15) is 5.82 Å². The Morgan fingerprint density at radius 2 is 1.74 bits per heavy atom. The van der Waals surface area contributed by atoms with Crippen molar-refractivity contribution in [3.05, 3.63) is 54.4 Å². The first-order valence-electron chi connectivity index (χ1n) is 8.61. The highest BCUT2D eigenvalue weighted by Gasteiger charge is 2.16. The quantitative estimate of drug-likeness (QED) is 0.607. The Labute approximate surface area is 159 Å². The van der Waals surface area contributed by atoms with Gasteiger partial charge in [-0.05, 0) is 18.4 Å². The normalized spacial score (nSPS) is 11.5. The van der Waals surface area contributed by atoms with Gasteiger partial charge in [0.2, 0.25) is 10.0 Å². The molecule has 3 rings (SSSR count). The number of hydrogen-bond donors (Lipinski definition) is 2. The van der Waals surface area contributed by atoms with Gasteiger partial charge in [0.25, 0.3) is 0 Å². The highest BCUT2D eigenvalue weighted by Crippen LogP contribution is 2.22. The maximum Gasteiger partial charge on any atom is 0.241 e. The minimum Gasteiger partial charge on any atom is -0.369 e. The lowest BCUT2D eigenvalue weighted by molar-refractivity contribution is 0.584. The number of fused-ring (bicyclic) bond motifs is 1. The molecular weight excluding hydrogens is 362 g/mol. The number of aryl methyl sites for hydroxylation is 1. The summed E-state index contributed by atoms with van der Waals surface area (Å²) < 4.78 is 28.0. The van der Waals surface area contributed by atoms with Crippen LogP contribution in [0.5, 0.6) is 0 Å². The van der Waals surface area contributed by atoms with Crippen LogP contribution in [0.4, 0.5) is 11.6 Å². The number of nitrogens with zero attached hydrogens (tertiary/aromatic N) is 3. The van der Waals surface area contributed by atoms with Crippen LogP contribution in [0.25, 0.3) is 10.8 Å². The summed E-state index contributed by atoms with van der Waals surface area (Å²) in [7, 11) is 0.211. The van der Waals surface area contributed by atoms with E-state index >= 15 is 0 Å². The van der Waals surface area contributed by atoms with E-state index in [-0.39, 0.29) is 11.4 Å². The third-order valence-corrected chi connectivity index (χ3v) is 5.56. The second-order valence-corrected chi connectivity index (χ2v) is 8.09. The Bertz CT molecular complexity index is 1050. The fourth-order valence-corrected chi connectivity index (χ4v) is 4.01. The Hall–Kier alpha value is -2.71. The van der Waals surface area contributed by atoms with Crippen molar-refractivity contribution >= 4 is 32.4 Å². The van der Waals surface area contributed by atoms with Crippen molar-refractivity contribution in [2.75, 3.05) is 37.4 Å². The lowest BCUT2D eigenvalue weighted by atomic mass is 10.1. The van der Waals surface area contributed by atoms with Crippen LogP contribution in [-0.4, -0.2) is 45.6 Å². The van der Waals surface area contributed by atoms with E-state index in [4.69, 9.17) is 0 Å². The summed E-state index contributed by atoms with van der Waals surface area (Å²) in [6.07, 6.45) is 0. The van der Waals surface area contributed by atoms with Crippen LogP contribution < -0.4 is 14.9 Å². The molecule has 0 unspecified atom stereocenters. The number of nitrogens with one attached hydrogen (secondary N) is 2. The summed E-state index contributed by atoms with van der Waals surface area (Å²) in [4.78, 5) is 10.8. The molecule has 0 amide bonds. The highest BCUT2D eigenvalue weighted by molar-refractivity contribution is 7.89. The van der Waals surface area contributed by atoms with Gasteiger partial charge in [-0.3, -0.25) is 0 Å². The second-order valence-electron chi connectivity index (χ2n) is 6.35. The molecule has 142 valence electrons. The van der Waals surface area contributed by atoms with Crippen molar-refractivity contribution in [2.24, 2.45) is 0 Å². The van der Waals surface area contributed by atoms with Crippen molar-refractivity contribution in [3.8, 4) is 0 Å². The molecule has 2 N–H and O–H groups in total. The van der Waals surface area contributed by atoms with E-state index in [1.165, 1.54) is 0 Å². The molecule has 2 aromatic carbocycles. The van der Waals surface area contributed by atoms with E-state index < -0.39 is 10.0 Å². The van der Waals surface area contributed by atoms with Gasteiger partial charge >= 0.3 is 0 Å². The number of benzene rings is 2. The van der Waals surface area contributed by atoms with Crippen LogP contribution in [-0.2, 0) is 10.0 Å². The van der Waals surface area contributed by atoms with E-state index in [1.807, 2.05) is 62.3 Å². The maximum absolute atomic E-state index is 12.7. The predicted octanol–water partition coefficient (Wildman–Crippen LogP) is 2.39. The fourth-order valence-electron chi connectivity index (χ4n) is 2.76. The number of hydrogen-bond acceptors (Lipinski definition) is 6. The standard InChI is InChI=1S/C19H23N5O2S/c1-14-22-18(13-19(23-14)24(2)3)20-11-12-21-27(25,26)17-10-6-8-15-7-4-5-9-16(15)17/h4-10,13,21H,11-12H2,1-3H3,(H,20,22,23). The summed E-state index contributed by atoms with van der Waals surface area (Å²) >= 11 is 0. The van der Waals surface area contributed by atoms with Gasteiger partial charge in [0, 0.05) is 38.6 Å². The number of anilines is 2. The van der Waals surface area contributed by atoms with Crippen LogP contribution >= 0.6 is 0 Å². The molecule has 0 saturated heterocycles. The molecule has 1 aromatic heterocycles. The van der Waals surface area contributed by atoms with E-state index in [9.17, 15) is 8.42 Å². The molecule has 3 aromatic rings. The monoisotopic (exact) mass is 385 g/mol. The molecule has 0 radical (unpaired) electrons. The van der Waals surface area contributed by atoms with Crippen molar-refractivity contribution in [2.45, 2.75) is 11.8 Å². The van der Waals surface area contributed by atoms with Crippen LogP contribution in [0.2, 0.25) is 0 Å². The van der Waals surface area contributed by atoms with Gasteiger partial charge in [0.15, 0.2) is 0 Å². The zero-order valence-corrected chi connectivity index (χ0v) is 16.4. The first kappa shape index (κ1) is 19.1. The van der Waals surface area contributed by atoms with E-state index in [2.05, 4.69) is 20.0 Å². The topological polar surface area (TPSA) is 87.2 Å². The highest BCUT2D eigenvalue weighted by atomic mass is 32.2. The fraction of sp³-hybridized carbons (Fsp3) is 0.263. The Kier molecular flexibility index (Phi) is 5.57. The molecule has 1 heterocycles. The molecule has 0 fully saturated rings. The Morgan fingerprint density at radius 1 is 1.00 bits per heavy atom. The summed E-state index contributed by atoms with van der Waals surface area (Å²) in [5, 5.41) is 4.74. The van der Waals surface area contributed by atoms with Crippen LogP contribution in [0.15, 0.2) is 53.4 Å². The van der Waals surface area contributed by atoms with Gasteiger partial charge in [-0.2, -0.15) is 0 Å². The molecule has 0 aliphatic rings. The van der Waals surface area contributed by atoms with Gasteiger partial charge in [-0.1, -0.05) is 36.4 Å². The van der Waals surface area contributed by atoms with Gasteiger partial charge in [-0.15, -0.1) is 0 Å². The summed E-state index contributed by atoms with van der Waals surface area (Å²) in [5.74, 6) is 2.11. The molecule has 7 nitrogen and oxygen atoms in total. The molecule has 0 aliphatic carbocycles. The van der Waals surface area contributed by atoms with E-state index in [0.717, 1.165) is 11.2 Å². The minimum absolute atomic E-state index is 0.242. The van der Waals surface area contributed by atoms with Gasteiger partial charge in [-0.25, -0.2) is 23.1 Å². The lowest BCUT2D eigenvalue weighted by Gasteiger charge is -2.14. The maximum atomic E-state index is 12.7. The molecule has 0 bridgehead atoms.